The van der Waals surface area contributed by atoms with Gasteiger partial charge in [0.2, 0.25) is 0 Å². The minimum Gasteiger partial charge on any atom is -0.497 e. The first-order valence-corrected chi connectivity index (χ1v) is 6.68. The normalized spacial score (nSPS) is 10.3. The third kappa shape index (κ3) is 3.45. The first-order chi connectivity index (χ1) is 9.74. The van der Waals surface area contributed by atoms with Crippen LogP contribution in [0.2, 0.25) is 0 Å². The molecule has 2 aromatic carbocycles. The van der Waals surface area contributed by atoms with E-state index in [1.165, 1.54) is 0 Å². The molecular weight excluding hydrogens is 250 g/mol. The van der Waals surface area contributed by atoms with Gasteiger partial charge >= 0.3 is 0 Å². The Bertz CT molecular complexity index is 593. The monoisotopic (exact) mass is 269 g/mol. The second-order valence-electron chi connectivity index (χ2n) is 4.65. The van der Waals surface area contributed by atoms with Gasteiger partial charge in [0, 0.05) is 12.0 Å². The number of benzene rings is 2. The summed E-state index contributed by atoms with van der Waals surface area (Å²) in [5.41, 5.74) is 8.33. The molecule has 0 aromatic heterocycles. The highest BCUT2D eigenvalue weighted by molar-refractivity contribution is 5.98. The van der Waals surface area contributed by atoms with Crippen molar-refractivity contribution in [2.75, 3.05) is 13.7 Å². The van der Waals surface area contributed by atoms with E-state index in [9.17, 15) is 4.79 Å². The van der Waals surface area contributed by atoms with E-state index in [2.05, 4.69) is 0 Å². The summed E-state index contributed by atoms with van der Waals surface area (Å²) in [6, 6.07) is 15.3. The van der Waals surface area contributed by atoms with Crippen molar-refractivity contribution < 1.29 is 9.53 Å². The molecule has 0 heterocycles. The molecule has 0 unspecified atom stereocenters. The van der Waals surface area contributed by atoms with Gasteiger partial charge in [-0.3, -0.25) is 4.79 Å². The van der Waals surface area contributed by atoms with Gasteiger partial charge < -0.3 is 10.5 Å². The van der Waals surface area contributed by atoms with Crippen LogP contribution in [0.3, 0.4) is 0 Å². The fraction of sp³-hybridized carbons (Fsp3) is 0.235. The summed E-state index contributed by atoms with van der Waals surface area (Å²) in [6.45, 7) is 0.545. The molecule has 0 aliphatic carbocycles. The van der Waals surface area contributed by atoms with Gasteiger partial charge in [0.1, 0.15) is 5.75 Å². The van der Waals surface area contributed by atoms with E-state index in [-0.39, 0.29) is 5.78 Å². The summed E-state index contributed by atoms with van der Waals surface area (Å²) in [4.78, 5) is 12.4. The quantitative estimate of drug-likeness (QED) is 0.820. The molecule has 104 valence electrons. The molecule has 0 aliphatic heterocycles. The van der Waals surface area contributed by atoms with Gasteiger partial charge in [0.15, 0.2) is 5.78 Å². The van der Waals surface area contributed by atoms with Gasteiger partial charge in [0.05, 0.1) is 7.11 Å². The predicted molar refractivity (Wildman–Crippen MR) is 80.2 cm³/mol. The highest BCUT2D eigenvalue weighted by atomic mass is 16.5. The molecule has 3 heteroatoms. The molecule has 2 N–H and O–H groups in total. The number of carbonyl (C=O) groups is 1. The SMILES string of the molecule is COc1cccc(CC(=O)c2ccccc2CCN)c1. The molecule has 0 spiro atoms. The van der Waals surface area contributed by atoms with Crippen molar-refractivity contribution in [3.63, 3.8) is 0 Å². The number of methoxy groups -OCH3 is 1. The lowest BCUT2D eigenvalue weighted by Crippen LogP contribution is -2.10. The molecule has 0 atom stereocenters. The predicted octanol–water partition coefficient (Wildman–Crippen LogP) is 2.62. The van der Waals surface area contributed by atoms with E-state index in [0.717, 1.165) is 28.9 Å². The minimum atomic E-state index is 0.113. The number of carbonyl (C=O) groups excluding carboxylic acids is 1. The molecule has 2 rings (SSSR count). The highest BCUT2D eigenvalue weighted by Crippen LogP contribution is 2.17. The number of ketones is 1. The second kappa shape index (κ2) is 6.87. The smallest absolute Gasteiger partial charge is 0.167 e. The first-order valence-electron chi connectivity index (χ1n) is 6.68. The Balaban J connectivity index is 2.19. The summed E-state index contributed by atoms with van der Waals surface area (Å²) >= 11 is 0. The number of rotatable bonds is 6. The van der Waals surface area contributed by atoms with Crippen LogP contribution < -0.4 is 10.5 Å². The number of nitrogens with two attached hydrogens (primary N) is 1. The van der Waals surface area contributed by atoms with E-state index in [1.807, 2.05) is 48.5 Å². The van der Waals surface area contributed by atoms with Crippen molar-refractivity contribution in [2.45, 2.75) is 12.8 Å². The zero-order valence-corrected chi connectivity index (χ0v) is 11.6. The fourth-order valence-electron chi connectivity index (χ4n) is 2.23. The van der Waals surface area contributed by atoms with Gasteiger partial charge in [-0.1, -0.05) is 36.4 Å². The van der Waals surface area contributed by atoms with E-state index in [1.54, 1.807) is 7.11 Å². The lowest BCUT2D eigenvalue weighted by molar-refractivity contribution is 0.0992. The van der Waals surface area contributed by atoms with Crippen LogP contribution in [-0.2, 0) is 12.8 Å². The van der Waals surface area contributed by atoms with Gasteiger partial charge in [-0.05, 0) is 36.2 Å². The maximum atomic E-state index is 12.4. The van der Waals surface area contributed by atoms with Crippen LogP contribution in [0.4, 0.5) is 0 Å². The molecule has 0 bridgehead atoms. The standard InChI is InChI=1S/C17H19NO2/c1-20-15-7-4-5-13(11-15)12-17(19)16-8-3-2-6-14(16)9-10-18/h2-8,11H,9-10,12,18H2,1H3. The third-order valence-corrected chi connectivity index (χ3v) is 3.23. The summed E-state index contributed by atoms with van der Waals surface area (Å²) in [5.74, 6) is 0.882. The van der Waals surface area contributed by atoms with Crippen LogP contribution in [0.1, 0.15) is 21.5 Å². The number of Topliss-reactive ketones (excluding diaryl/α,β-unsaturated/α-hetero) is 1. The van der Waals surface area contributed by atoms with Crippen LogP contribution >= 0.6 is 0 Å². The molecule has 0 saturated carbocycles. The Morgan fingerprint density at radius 1 is 1.15 bits per heavy atom. The van der Waals surface area contributed by atoms with Crippen LogP contribution in [-0.4, -0.2) is 19.4 Å². The van der Waals surface area contributed by atoms with Crippen molar-refractivity contribution in [3.8, 4) is 5.75 Å². The maximum Gasteiger partial charge on any atom is 0.167 e. The second-order valence-corrected chi connectivity index (χ2v) is 4.65. The average Bonchev–Trinajstić information content (AvgIpc) is 2.48. The van der Waals surface area contributed by atoms with Crippen LogP contribution in [0.5, 0.6) is 5.75 Å². The zero-order valence-electron chi connectivity index (χ0n) is 11.6. The molecule has 20 heavy (non-hydrogen) atoms. The van der Waals surface area contributed by atoms with Crippen molar-refractivity contribution in [1.82, 2.24) is 0 Å². The van der Waals surface area contributed by atoms with Crippen molar-refractivity contribution in [2.24, 2.45) is 5.73 Å². The van der Waals surface area contributed by atoms with Crippen LogP contribution in [0.25, 0.3) is 0 Å². The molecule has 0 aliphatic rings. The van der Waals surface area contributed by atoms with Gasteiger partial charge in [-0.2, -0.15) is 0 Å². The number of ether oxygens (including phenoxy) is 1. The van der Waals surface area contributed by atoms with Gasteiger partial charge in [0.25, 0.3) is 0 Å². The first kappa shape index (κ1) is 14.3. The topological polar surface area (TPSA) is 52.3 Å². The summed E-state index contributed by atoms with van der Waals surface area (Å²) in [6.07, 6.45) is 1.10. The van der Waals surface area contributed by atoms with Crippen molar-refractivity contribution in [1.29, 1.82) is 0 Å². The molecule has 0 amide bonds. The minimum absolute atomic E-state index is 0.113. The Hall–Kier alpha value is -2.13. The molecule has 0 saturated heterocycles. The third-order valence-electron chi connectivity index (χ3n) is 3.23. The Morgan fingerprint density at radius 3 is 2.70 bits per heavy atom. The van der Waals surface area contributed by atoms with E-state index in [0.29, 0.717) is 13.0 Å². The molecule has 0 fully saturated rings. The Morgan fingerprint density at radius 2 is 1.95 bits per heavy atom. The number of hydrogen-bond donors (Lipinski definition) is 1. The van der Waals surface area contributed by atoms with E-state index in [4.69, 9.17) is 10.5 Å². The zero-order chi connectivity index (χ0) is 14.4. The average molecular weight is 269 g/mol. The lowest BCUT2D eigenvalue weighted by Gasteiger charge is -2.08. The van der Waals surface area contributed by atoms with Crippen molar-refractivity contribution in [3.05, 3.63) is 65.2 Å². The van der Waals surface area contributed by atoms with Crippen LogP contribution in [0.15, 0.2) is 48.5 Å². The summed E-state index contributed by atoms with van der Waals surface area (Å²) in [7, 11) is 1.62. The summed E-state index contributed by atoms with van der Waals surface area (Å²) < 4.78 is 5.18. The molecule has 3 nitrogen and oxygen atoms in total. The van der Waals surface area contributed by atoms with Crippen molar-refractivity contribution >= 4 is 5.78 Å². The highest BCUT2D eigenvalue weighted by Gasteiger charge is 2.11. The van der Waals surface area contributed by atoms with Crippen LogP contribution in [0, 0.1) is 0 Å². The molecule has 2 aromatic rings. The Kier molecular flexibility index (Phi) is 4.91. The summed E-state index contributed by atoms with van der Waals surface area (Å²) in [5, 5.41) is 0. The molecule has 0 radical (unpaired) electrons. The largest absolute Gasteiger partial charge is 0.497 e. The number of hydrogen-bond acceptors (Lipinski definition) is 3. The molecular formula is C17H19NO2. The Labute approximate surface area is 119 Å². The lowest BCUT2D eigenvalue weighted by atomic mass is 9.97. The maximum absolute atomic E-state index is 12.4. The van der Waals surface area contributed by atoms with E-state index < -0.39 is 0 Å². The van der Waals surface area contributed by atoms with Gasteiger partial charge in [-0.15, -0.1) is 0 Å². The fourth-order valence-corrected chi connectivity index (χ4v) is 2.23. The van der Waals surface area contributed by atoms with E-state index >= 15 is 0 Å². The van der Waals surface area contributed by atoms with Gasteiger partial charge in [-0.25, -0.2) is 0 Å².